The van der Waals surface area contributed by atoms with Crippen molar-refractivity contribution in [3.05, 3.63) is 65.5 Å². The molecule has 0 aliphatic carbocycles. The number of hydrogen-bond acceptors (Lipinski definition) is 1. The van der Waals surface area contributed by atoms with Crippen LogP contribution in [0.4, 0.5) is 4.39 Å². The van der Waals surface area contributed by atoms with Gasteiger partial charge in [-0.05, 0) is 35.7 Å². The Labute approximate surface area is 117 Å². The molecule has 0 radical (unpaired) electrons. The van der Waals surface area contributed by atoms with Gasteiger partial charge in [0.2, 0.25) is 0 Å². The fourth-order valence-electron chi connectivity index (χ4n) is 2.45. The van der Waals surface area contributed by atoms with E-state index >= 15 is 0 Å². The second kappa shape index (κ2) is 5.22. The Morgan fingerprint density at radius 3 is 2.79 bits per heavy atom. The van der Waals surface area contributed by atoms with Crippen molar-refractivity contribution in [2.24, 2.45) is 0 Å². The standard InChI is InChI=1S/C16H14ClFO/c17-13-8-11-4-1-2-7-15(11)19-16(10-13)12-5-3-6-14(18)9-12/h1-7,9,13,16H,8,10H2/t13-,16+/m1/s1. The minimum atomic E-state index is -0.246. The molecule has 3 heteroatoms. The van der Waals surface area contributed by atoms with Gasteiger partial charge in [0.15, 0.2) is 0 Å². The van der Waals surface area contributed by atoms with E-state index in [0.717, 1.165) is 23.3 Å². The zero-order valence-corrected chi connectivity index (χ0v) is 11.1. The molecular formula is C16H14ClFO. The second-order valence-corrected chi connectivity index (χ2v) is 5.42. The monoisotopic (exact) mass is 276 g/mol. The highest BCUT2D eigenvalue weighted by atomic mass is 35.5. The van der Waals surface area contributed by atoms with Crippen LogP contribution < -0.4 is 4.74 Å². The van der Waals surface area contributed by atoms with Gasteiger partial charge in [-0.1, -0.05) is 30.3 Å². The molecule has 1 heterocycles. The lowest BCUT2D eigenvalue weighted by Crippen LogP contribution is -2.11. The lowest BCUT2D eigenvalue weighted by molar-refractivity contribution is 0.200. The van der Waals surface area contributed by atoms with E-state index < -0.39 is 0 Å². The Balaban J connectivity index is 1.95. The largest absolute Gasteiger partial charge is 0.485 e. The molecule has 2 aromatic carbocycles. The summed E-state index contributed by atoms with van der Waals surface area (Å²) < 4.78 is 19.3. The lowest BCUT2D eigenvalue weighted by atomic mass is 10.0. The molecule has 0 spiro atoms. The van der Waals surface area contributed by atoms with Gasteiger partial charge in [0, 0.05) is 11.8 Å². The predicted octanol–water partition coefficient (Wildman–Crippen LogP) is 4.50. The minimum Gasteiger partial charge on any atom is -0.485 e. The number of hydrogen-bond donors (Lipinski definition) is 0. The van der Waals surface area contributed by atoms with Gasteiger partial charge in [0.25, 0.3) is 0 Å². The summed E-state index contributed by atoms with van der Waals surface area (Å²) in [5.41, 5.74) is 1.95. The molecule has 0 saturated heterocycles. The third-order valence-corrected chi connectivity index (χ3v) is 3.71. The Morgan fingerprint density at radius 2 is 1.95 bits per heavy atom. The van der Waals surface area contributed by atoms with Crippen LogP contribution in [-0.2, 0) is 6.42 Å². The minimum absolute atomic E-state index is 0.00285. The van der Waals surface area contributed by atoms with Crippen molar-refractivity contribution < 1.29 is 9.13 Å². The number of ether oxygens (including phenoxy) is 1. The van der Waals surface area contributed by atoms with E-state index in [2.05, 4.69) is 0 Å². The van der Waals surface area contributed by atoms with Gasteiger partial charge in [-0.3, -0.25) is 0 Å². The van der Waals surface area contributed by atoms with Gasteiger partial charge < -0.3 is 4.74 Å². The van der Waals surface area contributed by atoms with Crippen LogP contribution in [0.3, 0.4) is 0 Å². The summed E-state index contributed by atoms with van der Waals surface area (Å²) in [5, 5.41) is -0.00285. The molecule has 0 unspecified atom stereocenters. The first kappa shape index (κ1) is 12.5. The molecule has 2 aromatic rings. The lowest BCUT2D eigenvalue weighted by Gasteiger charge is -2.18. The van der Waals surface area contributed by atoms with Crippen molar-refractivity contribution in [1.82, 2.24) is 0 Å². The normalized spacial score (nSPS) is 22.2. The van der Waals surface area contributed by atoms with Crippen molar-refractivity contribution in [3.63, 3.8) is 0 Å². The van der Waals surface area contributed by atoms with Gasteiger partial charge in [-0.2, -0.15) is 0 Å². The highest BCUT2D eigenvalue weighted by Gasteiger charge is 2.24. The van der Waals surface area contributed by atoms with E-state index in [9.17, 15) is 4.39 Å². The van der Waals surface area contributed by atoms with Crippen molar-refractivity contribution >= 4 is 11.6 Å². The maximum atomic E-state index is 13.3. The Bertz CT molecular complexity index is 584. The molecular weight excluding hydrogens is 263 g/mol. The number of alkyl halides is 1. The number of para-hydroxylation sites is 1. The molecule has 0 bridgehead atoms. The predicted molar refractivity (Wildman–Crippen MR) is 74.2 cm³/mol. The van der Waals surface area contributed by atoms with Gasteiger partial charge in [0.1, 0.15) is 17.7 Å². The first-order valence-corrected chi connectivity index (χ1v) is 6.80. The molecule has 0 aromatic heterocycles. The van der Waals surface area contributed by atoms with Crippen molar-refractivity contribution in [1.29, 1.82) is 0 Å². The molecule has 1 aliphatic rings. The average Bonchev–Trinajstić information content (AvgIpc) is 2.56. The van der Waals surface area contributed by atoms with Gasteiger partial charge in [-0.15, -0.1) is 11.6 Å². The third-order valence-electron chi connectivity index (χ3n) is 3.37. The fourth-order valence-corrected chi connectivity index (χ4v) is 2.78. The summed E-state index contributed by atoms with van der Waals surface area (Å²) in [6, 6.07) is 14.4. The van der Waals surface area contributed by atoms with Crippen LogP contribution in [0.25, 0.3) is 0 Å². The van der Waals surface area contributed by atoms with Gasteiger partial charge >= 0.3 is 0 Å². The average molecular weight is 277 g/mol. The summed E-state index contributed by atoms with van der Waals surface area (Å²) in [7, 11) is 0. The van der Waals surface area contributed by atoms with Crippen LogP contribution in [0.1, 0.15) is 23.7 Å². The Morgan fingerprint density at radius 1 is 1.11 bits per heavy atom. The highest BCUT2D eigenvalue weighted by molar-refractivity contribution is 6.20. The highest BCUT2D eigenvalue weighted by Crippen LogP contribution is 2.35. The smallest absolute Gasteiger partial charge is 0.125 e. The second-order valence-electron chi connectivity index (χ2n) is 4.81. The number of rotatable bonds is 1. The van der Waals surface area contributed by atoms with Crippen LogP contribution >= 0.6 is 11.6 Å². The molecule has 0 saturated carbocycles. The van der Waals surface area contributed by atoms with E-state index in [1.807, 2.05) is 30.3 Å². The molecule has 1 aliphatic heterocycles. The molecule has 0 N–H and O–H groups in total. The maximum absolute atomic E-state index is 13.3. The van der Waals surface area contributed by atoms with Crippen LogP contribution in [0.2, 0.25) is 0 Å². The van der Waals surface area contributed by atoms with E-state index in [1.54, 1.807) is 6.07 Å². The third kappa shape index (κ3) is 2.74. The first-order chi connectivity index (χ1) is 9.22. The first-order valence-electron chi connectivity index (χ1n) is 6.36. The zero-order valence-electron chi connectivity index (χ0n) is 10.4. The molecule has 2 atom stereocenters. The molecule has 0 amide bonds. The van der Waals surface area contributed by atoms with E-state index in [-0.39, 0.29) is 17.3 Å². The van der Waals surface area contributed by atoms with Crippen molar-refractivity contribution in [3.8, 4) is 5.75 Å². The number of halogens is 2. The summed E-state index contributed by atoms with van der Waals surface area (Å²) in [5.74, 6) is 0.602. The SMILES string of the molecule is Fc1cccc([C@@H]2C[C@H](Cl)Cc3ccccc3O2)c1. The fraction of sp³-hybridized carbons (Fsp3) is 0.250. The molecule has 3 rings (SSSR count). The molecule has 0 fully saturated rings. The van der Waals surface area contributed by atoms with E-state index in [1.165, 1.54) is 12.1 Å². The molecule has 98 valence electrons. The Kier molecular flexibility index (Phi) is 3.43. The van der Waals surface area contributed by atoms with Gasteiger partial charge in [0.05, 0.1) is 0 Å². The summed E-state index contributed by atoms with van der Waals surface area (Å²) >= 11 is 6.36. The van der Waals surface area contributed by atoms with E-state index in [0.29, 0.717) is 6.42 Å². The van der Waals surface area contributed by atoms with Gasteiger partial charge in [-0.25, -0.2) is 4.39 Å². The van der Waals surface area contributed by atoms with Crippen molar-refractivity contribution in [2.45, 2.75) is 24.3 Å². The molecule has 1 nitrogen and oxygen atoms in total. The topological polar surface area (TPSA) is 9.23 Å². The van der Waals surface area contributed by atoms with Crippen LogP contribution in [-0.4, -0.2) is 5.38 Å². The number of benzene rings is 2. The Hall–Kier alpha value is -1.54. The quantitative estimate of drug-likeness (QED) is 0.697. The summed E-state index contributed by atoms with van der Waals surface area (Å²) in [6.45, 7) is 0. The molecule has 19 heavy (non-hydrogen) atoms. The van der Waals surface area contributed by atoms with Crippen LogP contribution in [0, 0.1) is 5.82 Å². The van der Waals surface area contributed by atoms with Crippen LogP contribution in [0.15, 0.2) is 48.5 Å². The summed E-state index contributed by atoms with van der Waals surface area (Å²) in [4.78, 5) is 0. The van der Waals surface area contributed by atoms with E-state index in [4.69, 9.17) is 16.3 Å². The zero-order chi connectivity index (χ0) is 13.2. The number of fused-ring (bicyclic) bond motifs is 1. The maximum Gasteiger partial charge on any atom is 0.125 e. The van der Waals surface area contributed by atoms with Crippen LogP contribution in [0.5, 0.6) is 5.75 Å². The van der Waals surface area contributed by atoms with Crippen molar-refractivity contribution in [2.75, 3.05) is 0 Å². The summed E-state index contributed by atoms with van der Waals surface area (Å²) in [6.07, 6.45) is 1.27.